The molecule has 106 valence electrons. The molecule has 5 nitrogen and oxygen atoms in total. The number of aliphatic hydroxyl groups is 1. The van der Waals surface area contributed by atoms with Crippen molar-refractivity contribution in [2.45, 2.75) is 20.0 Å². The highest BCUT2D eigenvalue weighted by atomic mass is 32.1. The predicted molar refractivity (Wildman–Crippen MR) is 80.8 cm³/mol. The van der Waals surface area contributed by atoms with Gasteiger partial charge in [0, 0.05) is 23.7 Å². The summed E-state index contributed by atoms with van der Waals surface area (Å²) in [4.78, 5) is 13.1. The molecule has 0 saturated carbocycles. The molecule has 0 radical (unpaired) electrons. The molecule has 6 heteroatoms. The van der Waals surface area contributed by atoms with Crippen molar-refractivity contribution in [3.8, 4) is 0 Å². The number of aryl methyl sites for hydroxylation is 1. The van der Waals surface area contributed by atoms with Gasteiger partial charge in [-0.15, -0.1) is 11.3 Å². The van der Waals surface area contributed by atoms with E-state index in [2.05, 4.69) is 0 Å². The van der Waals surface area contributed by atoms with Crippen LogP contribution in [0.5, 0.6) is 0 Å². The summed E-state index contributed by atoms with van der Waals surface area (Å²) in [6.45, 7) is 3.58. The fourth-order valence-electron chi connectivity index (χ4n) is 1.92. The van der Waals surface area contributed by atoms with Gasteiger partial charge in [-0.2, -0.15) is 0 Å². The first-order valence-corrected chi connectivity index (χ1v) is 6.98. The monoisotopic (exact) mass is 292 g/mol. The number of thiophene rings is 1. The lowest BCUT2D eigenvalue weighted by atomic mass is 10.2. The zero-order valence-electron chi connectivity index (χ0n) is 11.5. The highest BCUT2D eigenvalue weighted by molar-refractivity contribution is 7.16. The molecule has 0 amide bonds. The van der Waals surface area contributed by atoms with Crippen LogP contribution in [-0.4, -0.2) is 17.1 Å². The molecule has 0 fully saturated rings. The maximum Gasteiger partial charge on any atom is 0.304 e. The Bertz CT molecular complexity index is 637. The first kappa shape index (κ1) is 14.5. The Hall–Kier alpha value is -1.92. The zero-order chi connectivity index (χ0) is 14.9. The van der Waals surface area contributed by atoms with Crippen LogP contribution < -0.4 is 4.90 Å². The second-order valence-electron chi connectivity index (χ2n) is 4.67. The van der Waals surface area contributed by atoms with Gasteiger partial charge in [0.1, 0.15) is 0 Å². The van der Waals surface area contributed by atoms with Crippen molar-refractivity contribution in [3.05, 3.63) is 50.9 Å². The Morgan fingerprint density at radius 2 is 2.10 bits per heavy atom. The lowest BCUT2D eigenvalue weighted by molar-refractivity contribution is -0.383. The van der Waals surface area contributed by atoms with Gasteiger partial charge in [-0.3, -0.25) is 10.1 Å². The van der Waals surface area contributed by atoms with E-state index in [9.17, 15) is 15.2 Å². The van der Waals surface area contributed by atoms with Gasteiger partial charge in [-0.05, 0) is 31.5 Å². The standard InChI is InChI=1S/C14H16N2O3S/c1-9-5-4-6-11(7-9)15(3)14-12(16(18)19)8-13(20-14)10(2)17/h4-8,10,17H,1-3H3/t10-/m1/s1. The lowest BCUT2D eigenvalue weighted by Crippen LogP contribution is -2.09. The Balaban J connectivity index is 2.48. The molecule has 1 aromatic heterocycles. The van der Waals surface area contributed by atoms with Gasteiger partial charge < -0.3 is 10.0 Å². The van der Waals surface area contributed by atoms with Crippen molar-refractivity contribution in [1.82, 2.24) is 0 Å². The zero-order valence-corrected chi connectivity index (χ0v) is 12.3. The summed E-state index contributed by atoms with van der Waals surface area (Å²) in [6.07, 6.45) is -0.710. The van der Waals surface area contributed by atoms with E-state index in [1.807, 2.05) is 31.2 Å². The molecule has 1 heterocycles. The largest absolute Gasteiger partial charge is 0.388 e. The molecule has 1 aromatic carbocycles. The molecule has 0 aliphatic carbocycles. The van der Waals surface area contributed by atoms with Crippen LogP contribution in [-0.2, 0) is 0 Å². The fraction of sp³-hybridized carbons (Fsp3) is 0.286. The maximum absolute atomic E-state index is 11.2. The van der Waals surface area contributed by atoms with Crippen LogP contribution in [0.2, 0.25) is 0 Å². The van der Waals surface area contributed by atoms with E-state index in [1.54, 1.807) is 18.9 Å². The molecule has 0 aliphatic rings. The summed E-state index contributed by atoms with van der Waals surface area (Å²) in [5.41, 5.74) is 1.99. The summed E-state index contributed by atoms with van der Waals surface area (Å²) in [5, 5.41) is 21.3. The average molecular weight is 292 g/mol. The normalized spacial score (nSPS) is 12.2. The maximum atomic E-state index is 11.2. The Morgan fingerprint density at radius 3 is 2.65 bits per heavy atom. The third kappa shape index (κ3) is 2.81. The number of hydrogen-bond donors (Lipinski definition) is 1. The first-order valence-electron chi connectivity index (χ1n) is 6.16. The second kappa shape index (κ2) is 5.60. The van der Waals surface area contributed by atoms with Gasteiger partial charge in [0.05, 0.1) is 11.0 Å². The van der Waals surface area contributed by atoms with Crippen LogP contribution in [0.15, 0.2) is 30.3 Å². The van der Waals surface area contributed by atoms with Gasteiger partial charge in [0.25, 0.3) is 0 Å². The summed E-state index contributed by atoms with van der Waals surface area (Å²) >= 11 is 1.24. The molecule has 0 spiro atoms. The molecule has 2 aromatic rings. The van der Waals surface area contributed by atoms with Crippen LogP contribution in [0.3, 0.4) is 0 Å². The van der Waals surface area contributed by atoms with Crippen molar-refractivity contribution in [2.75, 3.05) is 11.9 Å². The van der Waals surface area contributed by atoms with Gasteiger partial charge in [-0.1, -0.05) is 12.1 Å². The number of aliphatic hydroxyl groups excluding tert-OH is 1. The number of benzene rings is 1. The molecule has 20 heavy (non-hydrogen) atoms. The van der Waals surface area contributed by atoms with E-state index in [1.165, 1.54) is 17.4 Å². The lowest BCUT2D eigenvalue weighted by Gasteiger charge is -2.17. The Labute approximate surface area is 121 Å². The Kier molecular flexibility index (Phi) is 4.06. The van der Waals surface area contributed by atoms with E-state index >= 15 is 0 Å². The quantitative estimate of drug-likeness (QED) is 0.687. The summed E-state index contributed by atoms with van der Waals surface area (Å²) in [5.74, 6) is 0. The van der Waals surface area contributed by atoms with Gasteiger partial charge in [0.15, 0.2) is 5.00 Å². The van der Waals surface area contributed by atoms with Gasteiger partial charge in [-0.25, -0.2) is 0 Å². The highest BCUT2D eigenvalue weighted by Crippen LogP contribution is 2.42. The van der Waals surface area contributed by atoms with Crippen molar-refractivity contribution >= 4 is 27.7 Å². The van der Waals surface area contributed by atoms with Crippen LogP contribution in [0.1, 0.15) is 23.5 Å². The van der Waals surface area contributed by atoms with Crippen LogP contribution >= 0.6 is 11.3 Å². The van der Waals surface area contributed by atoms with Crippen molar-refractivity contribution in [2.24, 2.45) is 0 Å². The van der Waals surface area contributed by atoms with Gasteiger partial charge in [0.2, 0.25) is 0 Å². The molecule has 2 rings (SSSR count). The SMILES string of the molecule is Cc1cccc(N(C)c2sc([C@@H](C)O)cc2[N+](=O)[O-])c1. The molecule has 1 N–H and O–H groups in total. The molecule has 0 unspecified atom stereocenters. The minimum Gasteiger partial charge on any atom is -0.388 e. The van der Waals surface area contributed by atoms with E-state index in [0.29, 0.717) is 9.88 Å². The van der Waals surface area contributed by atoms with Crippen LogP contribution in [0, 0.1) is 17.0 Å². The number of rotatable bonds is 4. The first-order chi connectivity index (χ1) is 9.40. The van der Waals surface area contributed by atoms with Crippen LogP contribution in [0.4, 0.5) is 16.4 Å². The molecule has 1 atom stereocenters. The fourth-order valence-corrected chi connectivity index (χ4v) is 2.97. The van der Waals surface area contributed by atoms with E-state index in [4.69, 9.17) is 0 Å². The predicted octanol–water partition coefficient (Wildman–Crippen LogP) is 3.79. The number of hydrogen-bond acceptors (Lipinski definition) is 5. The summed E-state index contributed by atoms with van der Waals surface area (Å²) < 4.78 is 0. The molecule has 0 bridgehead atoms. The van der Waals surface area contributed by atoms with Crippen molar-refractivity contribution in [3.63, 3.8) is 0 Å². The Morgan fingerprint density at radius 1 is 1.40 bits per heavy atom. The third-order valence-electron chi connectivity index (χ3n) is 3.01. The minimum absolute atomic E-state index is 0.0231. The van der Waals surface area contributed by atoms with Crippen molar-refractivity contribution < 1.29 is 10.0 Å². The summed E-state index contributed by atoms with van der Waals surface area (Å²) in [7, 11) is 1.79. The average Bonchev–Trinajstić information content (AvgIpc) is 2.83. The topological polar surface area (TPSA) is 66.6 Å². The second-order valence-corrected chi connectivity index (χ2v) is 5.73. The van der Waals surface area contributed by atoms with Crippen molar-refractivity contribution in [1.29, 1.82) is 0 Å². The molecule has 0 aliphatic heterocycles. The van der Waals surface area contributed by atoms with E-state index in [-0.39, 0.29) is 5.69 Å². The third-order valence-corrected chi connectivity index (χ3v) is 4.39. The van der Waals surface area contributed by atoms with E-state index < -0.39 is 11.0 Å². The number of anilines is 2. The number of nitro groups is 1. The number of nitrogens with zero attached hydrogens (tertiary/aromatic N) is 2. The van der Waals surface area contributed by atoms with Crippen LogP contribution in [0.25, 0.3) is 0 Å². The molecular formula is C14H16N2O3S. The highest BCUT2D eigenvalue weighted by Gasteiger charge is 2.24. The summed E-state index contributed by atoms with van der Waals surface area (Å²) in [6, 6.07) is 9.19. The molecule has 0 saturated heterocycles. The van der Waals surface area contributed by atoms with Gasteiger partial charge >= 0.3 is 5.69 Å². The smallest absolute Gasteiger partial charge is 0.304 e. The van der Waals surface area contributed by atoms with E-state index in [0.717, 1.165) is 11.3 Å². The minimum atomic E-state index is -0.710. The molecular weight excluding hydrogens is 276 g/mol.